The van der Waals surface area contributed by atoms with Crippen molar-refractivity contribution in [3.05, 3.63) is 29.8 Å². The average Bonchev–Trinajstić information content (AvgIpc) is 2.37. The summed E-state index contributed by atoms with van der Waals surface area (Å²) in [4.78, 5) is 21.6. The Kier molecular flexibility index (Phi) is 6.16. The van der Waals surface area contributed by atoms with Crippen molar-refractivity contribution in [1.82, 2.24) is 0 Å². The van der Waals surface area contributed by atoms with Crippen molar-refractivity contribution in [3.63, 3.8) is 0 Å². The molecule has 1 amide bonds. The van der Waals surface area contributed by atoms with Crippen molar-refractivity contribution in [3.8, 4) is 5.75 Å². The molecule has 0 aliphatic rings. The van der Waals surface area contributed by atoms with Crippen LogP contribution in [0.2, 0.25) is 0 Å². The summed E-state index contributed by atoms with van der Waals surface area (Å²) in [5, 5.41) is 0. The van der Waals surface area contributed by atoms with Gasteiger partial charge in [-0.2, -0.15) is 0 Å². The first-order valence-electron chi connectivity index (χ1n) is 5.93. The molecule has 0 spiro atoms. The smallest absolute Gasteiger partial charge is 0.342 e. The van der Waals surface area contributed by atoms with Gasteiger partial charge in [0.2, 0.25) is 5.91 Å². The minimum atomic E-state index is -1.46. The lowest BCUT2D eigenvalue weighted by molar-refractivity contribution is -0.117. The van der Waals surface area contributed by atoms with Crippen molar-refractivity contribution in [2.24, 2.45) is 5.73 Å². The Morgan fingerprint density at radius 3 is 2.37 bits per heavy atom. The molecule has 1 rings (SSSR count). The Labute approximate surface area is 112 Å². The van der Waals surface area contributed by atoms with Crippen LogP contribution in [0.4, 0.5) is 0 Å². The topological polar surface area (TPSA) is 86.5 Å². The molecular weight excluding hydrogens is 265 g/mol. The minimum Gasteiger partial charge on any atom is -0.489 e. The Bertz CT molecular complexity index is 470. The largest absolute Gasteiger partial charge is 0.489 e. The number of amides is 1. The van der Waals surface area contributed by atoms with Crippen LogP contribution in [0, 0.1) is 0 Å². The van der Waals surface area contributed by atoms with Gasteiger partial charge in [-0.1, -0.05) is 4.57 Å². The standard InChI is InChI=1S/C13H16NO4P/c1-10(15)11-2-4-12(5-3-11)18-7-9-19(17)8-6-13(14)16/h2-5H,6-9H2,1H3,(H-,14,16)/p+1. The van der Waals surface area contributed by atoms with Gasteiger partial charge in [-0.05, 0) is 31.2 Å². The fourth-order valence-electron chi connectivity index (χ4n) is 1.40. The highest BCUT2D eigenvalue weighted by Crippen LogP contribution is 2.21. The van der Waals surface area contributed by atoms with E-state index in [0.717, 1.165) is 0 Å². The van der Waals surface area contributed by atoms with Gasteiger partial charge >= 0.3 is 7.80 Å². The monoisotopic (exact) mass is 282 g/mol. The summed E-state index contributed by atoms with van der Waals surface area (Å²) in [5.41, 5.74) is 5.60. The van der Waals surface area contributed by atoms with Crippen LogP contribution in [-0.4, -0.2) is 30.6 Å². The molecule has 1 aromatic rings. The van der Waals surface area contributed by atoms with Gasteiger partial charge in [0.05, 0.1) is 6.42 Å². The summed E-state index contributed by atoms with van der Waals surface area (Å²) in [6, 6.07) is 6.77. The number of ether oxygens (including phenoxy) is 1. The summed E-state index contributed by atoms with van der Waals surface area (Å²) in [6.07, 6.45) is 0.830. The number of ketones is 1. The Balaban J connectivity index is 2.31. The van der Waals surface area contributed by atoms with E-state index in [4.69, 9.17) is 10.5 Å². The maximum absolute atomic E-state index is 11.5. The lowest BCUT2D eigenvalue weighted by Crippen LogP contribution is -2.11. The van der Waals surface area contributed by atoms with E-state index in [-0.39, 0.29) is 12.2 Å². The first-order valence-corrected chi connectivity index (χ1v) is 7.56. The molecule has 6 heteroatoms. The van der Waals surface area contributed by atoms with Crippen molar-refractivity contribution in [2.45, 2.75) is 13.3 Å². The molecule has 0 bridgehead atoms. The van der Waals surface area contributed by atoms with E-state index in [0.29, 0.717) is 30.2 Å². The van der Waals surface area contributed by atoms with E-state index in [1.165, 1.54) is 6.92 Å². The number of nitrogens with two attached hydrogens (primary N) is 1. The van der Waals surface area contributed by atoms with Gasteiger partial charge in [-0.15, -0.1) is 0 Å². The van der Waals surface area contributed by atoms with Gasteiger partial charge in [0, 0.05) is 5.56 Å². The van der Waals surface area contributed by atoms with Crippen LogP contribution in [0.25, 0.3) is 0 Å². The summed E-state index contributed by atoms with van der Waals surface area (Å²) >= 11 is 0. The van der Waals surface area contributed by atoms with Crippen LogP contribution in [-0.2, 0) is 9.36 Å². The normalized spacial score (nSPS) is 10.9. The van der Waals surface area contributed by atoms with Gasteiger partial charge in [0.25, 0.3) is 0 Å². The molecule has 1 unspecified atom stereocenters. The first kappa shape index (κ1) is 15.3. The maximum atomic E-state index is 11.5. The van der Waals surface area contributed by atoms with E-state index in [1.54, 1.807) is 24.3 Å². The number of carbonyl (C=O) groups excluding carboxylic acids is 2. The van der Waals surface area contributed by atoms with E-state index in [1.807, 2.05) is 0 Å². The van der Waals surface area contributed by atoms with Gasteiger partial charge in [-0.3, -0.25) is 9.59 Å². The van der Waals surface area contributed by atoms with Crippen molar-refractivity contribution in [1.29, 1.82) is 0 Å². The van der Waals surface area contributed by atoms with E-state index in [9.17, 15) is 14.2 Å². The molecule has 102 valence electrons. The van der Waals surface area contributed by atoms with Crippen molar-refractivity contribution >= 4 is 19.5 Å². The second-order valence-corrected chi connectivity index (χ2v) is 5.93. The molecule has 0 fully saturated rings. The number of carbonyl (C=O) groups is 2. The predicted octanol–water partition coefficient (Wildman–Crippen LogP) is 1.97. The molecule has 19 heavy (non-hydrogen) atoms. The first-order chi connectivity index (χ1) is 8.99. The minimum absolute atomic E-state index is 0.00100. The number of Topliss-reactive ketones (excluding diaryl/α,β-unsaturated/α-hetero) is 1. The third-order valence-electron chi connectivity index (χ3n) is 2.48. The van der Waals surface area contributed by atoms with Gasteiger partial charge in [0.15, 0.2) is 18.1 Å². The lowest BCUT2D eigenvalue weighted by Gasteiger charge is -2.03. The summed E-state index contributed by atoms with van der Waals surface area (Å²) in [5.74, 6) is 0.188. The number of benzene rings is 1. The zero-order valence-electron chi connectivity index (χ0n) is 10.8. The molecule has 0 aromatic heterocycles. The average molecular weight is 282 g/mol. The second kappa shape index (κ2) is 7.64. The summed E-state index contributed by atoms with van der Waals surface area (Å²) in [6.45, 7) is 1.81. The second-order valence-electron chi connectivity index (χ2n) is 4.07. The molecule has 0 saturated carbocycles. The Hall–Kier alpha value is -1.74. The molecule has 0 aliphatic carbocycles. The van der Waals surface area contributed by atoms with Crippen LogP contribution in [0.3, 0.4) is 0 Å². The molecular formula is C13H17NO4P+. The van der Waals surface area contributed by atoms with Crippen molar-refractivity contribution in [2.75, 3.05) is 18.9 Å². The molecule has 2 N–H and O–H groups in total. The van der Waals surface area contributed by atoms with E-state index in [2.05, 4.69) is 0 Å². The zero-order chi connectivity index (χ0) is 14.3. The van der Waals surface area contributed by atoms with Crippen LogP contribution in [0.5, 0.6) is 5.75 Å². The molecule has 0 saturated heterocycles. The fraction of sp³-hybridized carbons (Fsp3) is 0.385. The quantitative estimate of drug-likeness (QED) is 0.583. The third-order valence-corrected chi connectivity index (χ3v) is 3.88. The molecule has 1 atom stereocenters. The molecule has 0 aliphatic heterocycles. The number of hydrogen-bond acceptors (Lipinski definition) is 4. The SMILES string of the molecule is CC(=O)c1ccc(OCC[P+](=O)CCC(N)=O)cc1. The molecule has 5 nitrogen and oxygen atoms in total. The third kappa shape index (κ3) is 6.11. The summed E-state index contributed by atoms with van der Waals surface area (Å²) in [7, 11) is -1.46. The lowest BCUT2D eigenvalue weighted by atomic mass is 10.1. The molecule has 0 radical (unpaired) electrons. The Morgan fingerprint density at radius 1 is 1.21 bits per heavy atom. The van der Waals surface area contributed by atoms with Crippen molar-refractivity contribution < 1.29 is 18.9 Å². The van der Waals surface area contributed by atoms with Gasteiger partial charge < -0.3 is 10.5 Å². The van der Waals surface area contributed by atoms with Crippen LogP contribution < -0.4 is 10.5 Å². The van der Waals surface area contributed by atoms with Crippen LogP contribution >= 0.6 is 7.80 Å². The number of rotatable bonds is 8. The Morgan fingerprint density at radius 2 is 1.84 bits per heavy atom. The molecule has 0 heterocycles. The van der Waals surface area contributed by atoms with E-state index < -0.39 is 13.7 Å². The zero-order valence-corrected chi connectivity index (χ0v) is 11.7. The van der Waals surface area contributed by atoms with Crippen LogP contribution in [0.1, 0.15) is 23.7 Å². The predicted molar refractivity (Wildman–Crippen MR) is 73.1 cm³/mol. The fourth-order valence-corrected chi connectivity index (χ4v) is 2.39. The van der Waals surface area contributed by atoms with E-state index >= 15 is 0 Å². The van der Waals surface area contributed by atoms with Gasteiger partial charge in [0.1, 0.15) is 12.4 Å². The highest BCUT2D eigenvalue weighted by Gasteiger charge is 2.16. The summed E-state index contributed by atoms with van der Waals surface area (Å²) < 4.78 is 16.9. The highest BCUT2D eigenvalue weighted by atomic mass is 31.1. The van der Waals surface area contributed by atoms with Crippen LogP contribution in [0.15, 0.2) is 24.3 Å². The highest BCUT2D eigenvalue weighted by molar-refractivity contribution is 7.44. The van der Waals surface area contributed by atoms with Gasteiger partial charge in [-0.25, -0.2) is 0 Å². The number of hydrogen-bond donors (Lipinski definition) is 1. The maximum Gasteiger partial charge on any atom is 0.342 e. The molecule has 1 aromatic carbocycles. The number of primary amides is 1.